The Kier molecular flexibility index (Phi) is 2.59. The summed E-state index contributed by atoms with van der Waals surface area (Å²) in [6.45, 7) is 0. The van der Waals surface area contributed by atoms with E-state index in [0.29, 0.717) is 22.0 Å². The Hall–Kier alpha value is -3.48. The van der Waals surface area contributed by atoms with E-state index in [0.717, 1.165) is 4.90 Å². The molecule has 1 aliphatic heterocycles. The van der Waals surface area contributed by atoms with E-state index in [1.54, 1.807) is 30.3 Å². The topological polar surface area (TPSA) is 103 Å². The van der Waals surface area contributed by atoms with Crippen LogP contribution in [0.4, 0.5) is 5.69 Å². The number of aromatic nitrogens is 2. The van der Waals surface area contributed by atoms with E-state index in [-0.39, 0.29) is 11.3 Å². The molecule has 0 radical (unpaired) electrons. The van der Waals surface area contributed by atoms with Crippen molar-refractivity contribution in [1.82, 2.24) is 10.2 Å². The minimum atomic E-state index is -1.17. The molecule has 1 aliphatic rings. The minimum absolute atomic E-state index is 0.0495. The van der Waals surface area contributed by atoms with Gasteiger partial charge in [-0.05, 0) is 24.3 Å². The molecule has 0 atom stereocenters. The number of imide groups is 1. The van der Waals surface area contributed by atoms with E-state index < -0.39 is 17.8 Å². The van der Waals surface area contributed by atoms with Crippen molar-refractivity contribution in [3.8, 4) is 0 Å². The number of nitrogens with one attached hydrogen (secondary N) is 1. The molecule has 7 nitrogen and oxygen atoms in total. The maximum atomic E-state index is 12.5. The van der Waals surface area contributed by atoms with E-state index in [2.05, 4.69) is 10.2 Å². The SMILES string of the molecule is O=C(O)c1cc(N2C(=O)c3ccccc3C2=O)cc2cn[nH]c12. The van der Waals surface area contributed by atoms with Gasteiger partial charge in [0.15, 0.2) is 0 Å². The third-order valence-electron chi connectivity index (χ3n) is 3.82. The summed E-state index contributed by atoms with van der Waals surface area (Å²) in [5.74, 6) is -2.10. The number of hydrogen-bond acceptors (Lipinski definition) is 4. The first-order valence-electron chi connectivity index (χ1n) is 6.76. The van der Waals surface area contributed by atoms with Gasteiger partial charge in [0.2, 0.25) is 0 Å². The molecule has 3 aromatic rings. The second-order valence-corrected chi connectivity index (χ2v) is 5.12. The zero-order chi connectivity index (χ0) is 16.1. The molecule has 0 fully saturated rings. The summed E-state index contributed by atoms with van der Waals surface area (Å²) in [4.78, 5) is 37.4. The molecular weight excluding hydrogens is 298 g/mol. The number of aromatic carboxylic acids is 1. The number of hydrogen-bond donors (Lipinski definition) is 2. The number of fused-ring (bicyclic) bond motifs is 2. The summed E-state index contributed by atoms with van der Waals surface area (Å²) in [6.07, 6.45) is 1.45. The number of carboxylic acid groups (broad SMARTS) is 1. The van der Waals surface area contributed by atoms with Crippen LogP contribution in [-0.4, -0.2) is 33.1 Å². The molecule has 2 heterocycles. The highest BCUT2D eigenvalue weighted by atomic mass is 16.4. The molecule has 7 heteroatoms. The Morgan fingerprint density at radius 2 is 1.74 bits per heavy atom. The van der Waals surface area contributed by atoms with Gasteiger partial charge in [0, 0.05) is 5.39 Å². The van der Waals surface area contributed by atoms with Crippen LogP contribution in [0.25, 0.3) is 10.9 Å². The van der Waals surface area contributed by atoms with Gasteiger partial charge >= 0.3 is 5.97 Å². The summed E-state index contributed by atoms with van der Waals surface area (Å²) in [5, 5.41) is 16.3. The first kappa shape index (κ1) is 13.2. The van der Waals surface area contributed by atoms with Crippen LogP contribution < -0.4 is 4.90 Å². The lowest BCUT2D eigenvalue weighted by atomic mass is 10.1. The van der Waals surface area contributed by atoms with Gasteiger partial charge in [-0.25, -0.2) is 9.69 Å². The van der Waals surface area contributed by atoms with Crippen molar-refractivity contribution < 1.29 is 19.5 Å². The van der Waals surface area contributed by atoms with Gasteiger partial charge in [-0.3, -0.25) is 14.7 Å². The average Bonchev–Trinajstić information content (AvgIpc) is 3.10. The zero-order valence-electron chi connectivity index (χ0n) is 11.6. The summed E-state index contributed by atoms with van der Waals surface area (Å²) in [7, 11) is 0. The maximum Gasteiger partial charge on any atom is 0.337 e. The number of anilines is 1. The number of rotatable bonds is 2. The number of H-pyrrole nitrogens is 1. The fourth-order valence-corrected chi connectivity index (χ4v) is 2.76. The van der Waals surface area contributed by atoms with Gasteiger partial charge in [-0.2, -0.15) is 5.10 Å². The first-order valence-corrected chi connectivity index (χ1v) is 6.76. The van der Waals surface area contributed by atoms with Crippen molar-refractivity contribution in [2.24, 2.45) is 0 Å². The summed E-state index contributed by atoms with van der Waals surface area (Å²) in [5.41, 5.74) is 1.12. The lowest BCUT2D eigenvalue weighted by Crippen LogP contribution is -2.29. The van der Waals surface area contributed by atoms with E-state index in [1.165, 1.54) is 12.3 Å². The minimum Gasteiger partial charge on any atom is -0.478 e. The van der Waals surface area contributed by atoms with Crippen molar-refractivity contribution in [2.45, 2.75) is 0 Å². The van der Waals surface area contributed by atoms with Crippen LogP contribution in [0.3, 0.4) is 0 Å². The van der Waals surface area contributed by atoms with Crippen molar-refractivity contribution in [1.29, 1.82) is 0 Å². The van der Waals surface area contributed by atoms with Crippen LogP contribution in [0.5, 0.6) is 0 Å². The van der Waals surface area contributed by atoms with Gasteiger partial charge in [-0.15, -0.1) is 0 Å². The average molecular weight is 307 g/mol. The summed E-state index contributed by atoms with van der Waals surface area (Å²) >= 11 is 0. The van der Waals surface area contributed by atoms with Crippen molar-refractivity contribution in [2.75, 3.05) is 4.90 Å². The lowest BCUT2D eigenvalue weighted by Gasteiger charge is -2.15. The van der Waals surface area contributed by atoms with Gasteiger partial charge in [0.25, 0.3) is 11.8 Å². The van der Waals surface area contributed by atoms with E-state index in [4.69, 9.17) is 0 Å². The van der Waals surface area contributed by atoms with Crippen LogP contribution in [0.15, 0.2) is 42.6 Å². The number of carbonyl (C=O) groups is 3. The van der Waals surface area contributed by atoms with Gasteiger partial charge in [0.05, 0.1) is 34.1 Å². The van der Waals surface area contributed by atoms with Crippen LogP contribution in [0.1, 0.15) is 31.1 Å². The Morgan fingerprint density at radius 1 is 1.09 bits per heavy atom. The maximum absolute atomic E-state index is 12.5. The van der Waals surface area contributed by atoms with Crippen LogP contribution >= 0.6 is 0 Å². The monoisotopic (exact) mass is 307 g/mol. The quantitative estimate of drug-likeness (QED) is 0.705. The van der Waals surface area contributed by atoms with Gasteiger partial charge < -0.3 is 5.11 Å². The second-order valence-electron chi connectivity index (χ2n) is 5.12. The molecule has 2 N–H and O–H groups in total. The Morgan fingerprint density at radius 3 is 2.35 bits per heavy atom. The summed E-state index contributed by atoms with van der Waals surface area (Å²) < 4.78 is 0. The number of benzene rings is 2. The molecule has 23 heavy (non-hydrogen) atoms. The predicted octanol–water partition coefficient (Wildman–Crippen LogP) is 2.06. The van der Waals surface area contributed by atoms with Crippen molar-refractivity contribution in [3.05, 3.63) is 59.3 Å². The highest BCUT2D eigenvalue weighted by Crippen LogP contribution is 2.31. The number of carboxylic acids is 1. The second kappa shape index (κ2) is 4.51. The number of amides is 2. The number of aromatic amines is 1. The van der Waals surface area contributed by atoms with Crippen LogP contribution in [0.2, 0.25) is 0 Å². The zero-order valence-corrected chi connectivity index (χ0v) is 11.6. The molecule has 112 valence electrons. The predicted molar refractivity (Wildman–Crippen MR) is 80.6 cm³/mol. The largest absolute Gasteiger partial charge is 0.478 e. The third kappa shape index (κ3) is 1.76. The fraction of sp³-hybridized carbons (Fsp3) is 0. The molecule has 0 saturated heterocycles. The van der Waals surface area contributed by atoms with Crippen LogP contribution in [-0.2, 0) is 0 Å². The van der Waals surface area contributed by atoms with Gasteiger partial charge in [-0.1, -0.05) is 12.1 Å². The highest BCUT2D eigenvalue weighted by Gasteiger charge is 2.36. The van der Waals surface area contributed by atoms with Gasteiger partial charge in [0.1, 0.15) is 0 Å². The highest BCUT2D eigenvalue weighted by molar-refractivity contribution is 6.34. The first-order chi connectivity index (χ1) is 11.1. The molecule has 0 bridgehead atoms. The van der Waals surface area contributed by atoms with E-state index in [1.807, 2.05) is 0 Å². The molecule has 0 spiro atoms. The van der Waals surface area contributed by atoms with Crippen molar-refractivity contribution in [3.63, 3.8) is 0 Å². The Balaban J connectivity index is 1.92. The van der Waals surface area contributed by atoms with Crippen LogP contribution in [0, 0.1) is 0 Å². The van der Waals surface area contributed by atoms with E-state index in [9.17, 15) is 19.5 Å². The normalized spacial score (nSPS) is 13.7. The molecule has 0 saturated carbocycles. The lowest BCUT2D eigenvalue weighted by molar-refractivity contribution is 0.0697. The molecule has 2 aromatic carbocycles. The number of nitrogens with zero attached hydrogens (tertiary/aromatic N) is 2. The Bertz CT molecular complexity index is 970. The molecule has 4 rings (SSSR count). The smallest absolute Gasteiger partial charge is 0.337 e. The molecule has 0 aliphatic carbocycles. The molecule has 0 unspecified atom stereocenters. The summed E-state index contributed by atoms with van der Waals surface area (Å²) in [6, 6.07) is 9.36. The fourth-order valence-electron chi connectivity index (χ4n) is 2.76. The van der Waals surface area contributed by atoms with E-state index >= 15 is 0 Å². The standard InChI is InChI=1S/C16H9N3O4/c20-14-10-3-1-2-4-11(10)15(21)19(14)9-5-8-7-17-18-13(8)12(6-9)16(22)23/h1-7H,(H,17,18)(H,22,23). The Labute approximate surface area is 129 Å². The molecule has 2 amide bonds. The number of carbonyl (C=O) groups excluding carboxylic acids is 2. The van der Waals surface area contributed by atoms with Crippen molar-refractivity contribution >= 4 is 34.4 Å². The third-order valence-corrected chi connectivity index (χ3v) is 3.82. The molecular formula is C16H9N3O4. The molecule has 1 aromatic heterocycles.